The van der Waals surface area contributed by atoms with Crippen molar-refractivity contribution in [2.45, 2.75) is 82.2 Å². The lowest BCUT2D eigenvalue weighted by atomic mass is 9.60. The molecule has 3 nitrogen and oxygen atoms in total. The van der Waals surface area contributed by atoms with Crippen LogP contribution in [0, 0.1) is 16.7 Å². The molecule has 2 aromatic rings. The fourth-order valence-corrected chi connectivity index (χ4v) is 5.51. The molecule has 1 saturated carbocycles. The molecule has 0 amide bonds. The van der Waals surface area contributed by atoms with Crippen LogP contribution in [0.15, 0.2) is 48.5 Å². The largest absolute Gasteiger partial charge is 0.416 e. The Morgan fingerprint density at radius 1 is 0.975 bits per heavy atom. The zero-order valence-corrected chi connectivity index (χ0v) is 22.9. The second-order valence-corrected chi connectivity index (χ2v) is 11.1. The van der Waals surface area contributed by atoms with Gasteiger partial charge in [-0.3, -0.25) is 4.79 Å². The molecule has 0 bridgehead atoms. The van der Waals surface area contributed by atoms with Gasteiger partial charge in [-0.05, 0) is 74.8 Å². The zero-order valence-electron chi connectivity index (χ0n) is 22.2. The lowest BCUT2D eigenvalue weighted by Crippen LogP contribution is -2.41. The number of unbranched alkanes of at least 4 members (excludes halogenated alkanes) is 1. The highest BCUT2D eigenvalue weighted by molar-refractivity contribution is 6.17. The molecule has 0 N–H and O–H groups in total. The molecule has 0 unspecified atom stereocenters. The van der Waals surface area contributed by atoms with E-state index >= 15 is 0 Å². The third kappa shape index (κ3) is 8.01. The average Bonchev–Trinajstić information content (AvgIpc) is 2.92. The van der Waals surface area contributed by atoms with Crippen molar-refractivity contribution in [3.63, 3.8) is 0 Å². The van der Waals surface area contributed by atoms with Crippen LogP contribution in [-0.4, -0.2) is 18.3 Å². The Labute approximate surface area is 235 Å². The summed E-state index contributed by atoms with van der Waals surface area (Å²) in [5.41, 5.74) is -3.55. The number of rotatable bonds is 11. The number of alkyl halides is 7. The fourth-order valence-electron chi connectivity index (χ4n) is 5.32. The molecular weight excluding hydrogens is 556 g/mol. The van der Waals surface area contributed by atoms with E-state index in [9.17, 15) is 36.4 Å². The Morgan fingerprint density at radius 3 is 2.05 bits per heavy atom. The van der Waals surface area contributed by atoms with Crippen LogP contribution in [0.2, 0.25) is 0 Å². The molecule has 0 aliphatic heterocycles. The van der Waals surface area contributed by atoms with Gasteiger partial charge in [0.1, 0.15) is 5.78 Å². The number of hydrogen-bond donors (Lipinski definition) is 0. The van der Waals surface area contributed by atoms with E-state index in [4.69, 9.17) is 16.3 Å². The van der Waals surface area contributed by atoms with Crippen LogP contribution in [0.4, 0.5) is 26.3 Å². The van der Waals surface area contributed by atoms with Crippen molar-refractivity contribution in [2.75, 3.05) is 12.5 Å². The molecule has 0 saturated heterocycles. The van der Waals surface area contributed by atoms with Gasteiger partial charge in [-0.2, -0.15) is 31.6 Å². The van der Waals surface area contributed by atoms with Crippen LogP contribution in [0.3, 0.4) is 0 Å². The third-order valence-corrected chi connectivity index (χ3v) is 8.12. The molecule has 0 radical (unpaired) electrons. The quantitative estimate of drug-likeness (QED) is 0.150. The molecule has 2 aromatic carbocycles. The monoisotopic (exact) mass is 587 g/mol. The molecule has 40 heavy (non-hydrogen) atoms. The highest BCUT2D eigenvalue weighted by Crippen LogP contribution is 2.49. The number of hydrogen-bond acceptors (Lipinski definition) is 3. The van der Waals surface area contributed by atoms with Crippen molar-refractivity contribution in [2.24, 2.45) is 5.41 Å². The Morgan fingerprint density at radius 2 is 1.55 bits per heavy atom. The minimum Gasteiger partial charge on any atom is -0.373 e. The topological polar surface area (TPSA) is 50.1 Å². The second-order valence-electron chi connectivity index (χ2n) is 10.7. The molecule has 218 valence electrons. The smallest absolute Gasteiger partial charge is 0.373 e. The van der Waals surface area contributed by atoms with E-state index in [1.165, 1.54) is 6.92 Å². The lowest BCUT2D eigenvalue weighted by Gasteiger charge is -2.44. The Bertz CT molecular complexity index is 1150. The molecule has 10 heteroatoms. The zero-order chi connectivity index (χ0) is 29.6. The van der Waals surface area contributed by atoms with Crippen LogP contribution in [0.1, 0.15) is 86.6 Å². The first-order chi connectivity index (χ1) is 18.7. The standard InChI is InChI=1S/C30H32ClF6NO2/c1-21(22-15-24(29(32,33)34)17-25(16-22)30(35,36)37)40-20-28(23-7-3-2-4-8-23)12-10-27(19-38,11-13-28)18-26(39)9-5-6-14-31/h2-4,7-8,15-17,21H,5-6,9-14,18,20H2,1H3/t21-,27?,28?/m1/s1. The summed E-state index contributed by atoms with van der Waals surface area (Å²) in [6.45, 7) is 1.46. The van der Waals surface area contributed by atoms with Gasteiger partial charge in [-0.1, -0.05) is 30.3 Å². The number of carbonyl (C=O) groups excluding carboxylic acids is 1. The predicted molar refractivity (Wildman–Crippen MR) is 140 cm³/mol. The maximum Gasteiger partial charge on any atom is 0.416 e. The number of ether oxygens (including phenoxy) is 1. The number of Topliss-reactive ketones (excluding diaryl/α,β-unsaturated/α-hetero) is 1. The van der Waals surface area contributed by atoms with Crippen molar-refractivity contribution in [1.29, 1.82) is 5.26 Å². The van der Waals surface area contributed by atoms with Crippen LogP contribution in [0.25, 0.3) is 0 Å². The number of halogens is 7. The van der Waals surface area contributed by atoms with Gasteiger partial charge >= 0.3 is 12.4 Å². The van der Waals surface area contributed by atoms with E-state index < -0.39 is 40.4 Å². The maximum atomic E-state index is 13.4. The highest BCUT2D eigenvalue weighted by atomic mass is 35.5. The summed E-state index contributed by atoms with van der Waals surface area (Å²) < 4.78 is 86.3. The first-order valence-electron chi connectivity index (χ1n) is 13.2. The molecule has 0 heterocycles. The summed E-state index contributed by atoms with van der Waals surface area (Å²) in [4.78, 5) is 12.6. The van der Waals surface area contributed by atoms with Gasteiger partial charge in [-0.15, -0.1) is 11.6 Å². The van der Waals surface area contributed by atoms with Crippen LogP contribution in [0.5, 0.6) is 0 Å². The second kappa shape index (κ2) is 12.9. The number of carbonyl (C=O) groups is 1. The molecule has 1 aliphatic carbocycles. The van der Waals surface area contributed by atoms with Gasteiger partial charge in [0.15, 0.2) is 0 Å². The molecule has 0 aromatic heterocycles. The molecule has 0 spiro atoms. The Kier molecular flexibility index (Phi) is 10.3. The lowest BCUT2D eigenvalue weighted by molar-refractivity contribution is -0.143. The van der Waals surface area contributed by atoms with E-state index in [-0.39, 0.29) is 30.4 Å². The Balaban J connectivity index is 1.82. The summed E-state index contributed by atoms with van der Waals surface area (Å²) in [5.74, 6) is 0.473. The van der Waals surface area contributed by atoms with Crippen LogP contribution < -0.4 is 0 Å². The first-order valence-corrected chi connectivity index (χ1v) is 13.7. The third-order valence-electron chi connectivity index (χ3n) is 7.85. The van der Waals surface area contributed by atoms with Gasteiger partial charge in [-0.25, -0.2) is 0 Å². The van der Waals surface area contributed by atoms with Crippen molar-refractivity contribution < 1.29 is 35.9 Å². The van der Waals surface area contributed by atoms with E-state index in [2.05, 4.69) is 6.07 Å². The van der Waals surface area contributed by atoms with Crippen LogP contribution in [-0.2, 0) is 27.3 Å². The minimum atomic E-state index is -4.95. The van der Waals surface area contributed by atoms with E-state index in [1.807, 2.05) is 30.3 Å². The first kappa shape index (κ1) is 32.0. The molecule has 1 atom stereocenters. The van der Waals surface area contributed by atoms with Gasteiger partial charge in [0.2, 0.25) is 0 Å². The van der Waals surface area contributed by atoms with Crippen molar-refractivity contribution in [3.8, 4) is 6.07 Å². The van der Waals surface area contributed by atoms with E-state index in [1.54, 1.807) is 0 Å². The van der Waals surface area contributed by atoms with Gasteiger partial charge in [0.05, 0.1) is 35.3 Å². The number of nitriles is 1. The molecule has 3 rings (SSSR count). The molecular formula is C30H32ClF6NO2. The summed E-state index contributed by atoms with van der Waals surface area (Å²) in [6, 6.07) is 13.2. The predicted octanol–water partition coefficient (Wildman–Crippen LogP) is 9.19. The van der Waals surface area contributed by atoms with Crippen molar-refractivity contribution in [1.82, 2.24) is 0 Å². The number of benzene rings is 2. The Hall–Kier alpha value is -2.57. The van der Waals surface area contributed by atoms with Gasteiger partial charge in [0, 0.05) is 24.1 Å². The summed E-state index contributed by atoms with van der Waals surface area (Å²) in [7, 11) is 0. The SMILES string of the molecule is C[C@@H](OCC1(c2ccccc2)CCC(C#N)(CC(=O)CCCCCl)CC1)c1cc(C(F)(F)F)cc(C(F)(F)F)c1. The number of nitrogens with zero attached hydrogens (tertiary/aromatic N) is 1. The van der Waals surface area contributed by atoms with Crippen LogP contribution >= 0.6 is 11.6 Å². The maximum absolute atomic E-state index is 13.4. The fraction of sp³-hybridized carbons (Fsp3) is 0.533. The highest BCUT2D eigenvalue weighted by Gasteiger charge is 2.45. The molecule has 1 fully saturated rings. The van der Waals surface area contributed by atoms with E-state index in [0.717, 1.165) is 12.0 Å². The number of ketones is 1. The average molecular weight is 588 g/mol. The van der Waals surface area contributed by atoms with Gasteiger partial charge < -0.3 is 4.74 Å². The van der Waals surface area contributed by atoms with E-state index in [0.29, 0.717) is 56.5 Å². The molecule has 1 aliphatic rings. The van der Waals surface area contributed by atoms with Crippen molar-refractivity contribution in [3.05, 3.63) is 70.8 Å². The van der Waals surface area contributed by atoms with Gasteiger partial charge in [0.25, 0.3) is 0 Å². The minimum absolute atomic E-state index is 0.00812. The summed E-state index contributed by atoms with van der Waals surface area (Å²) >= 11 is 5.69. The normalized spacial score (nSPS) is 22.5. The summed E-state index contributed by atoms with van der Waals surface area (Å²) in [5, 5.41) is 10.0. The summed E-state index contributed by atoms with van der Waals surface area (Å²) in [6.07, 6.45) is -7.31. The van der Waals surface area contributed by atoms with Crippen molar-refractivity contribution >= 4 is 17.4 Å².